The Bertz CT molecular complexity index is 892. The Balaban J connectivity index is 1.81. The number of hydrogen-bond acceptors (Lipinski definition) is 4. The third-order valence-corrected chi connectivity index (χ3v) is 5.30. The van der Waals surface area contributed by atoms with E-state index in [-0.39, 0.29) is 10.9 Å². The van der Waals surface area contributed by atoms with Crippen LogP contribution in [-0.4, -0.2) is 27.5 Å². The van der Waals surface area contributed by atoms with Crippen molar-refractivity contribution in [2.45, 2.75) is 25.2 Å². The van der Waals surface area contributed by atoms with Gasteiger partial charge in [-0.3, -0.25) is 4.90 Å². The summed E-state index contributed by atoms with van der Waals surface area (Å²) in [5.41, 5.74) is 2.44. The van der Waals surface area contributed by atoms with Gasteiger partial charge in [0, 0.05) is 18.8 Å². The van der Waals surface area contributed by atoms with Crippen LogP contribution in [0, 0.1) is 13.8 Å². The molecule has 0 radical (unpaired) electrons. The van der Waals surface area contributed by atoms with Crippen molar-refractivity contribution in [3.05, 3.63) is 53.6 Å². The van der Waals surface area contributed by atoms with Gasteiger partial charge in [-0.1, -0.05) is 17.7 Å². The molecule has 0 saturated carbocycles. The van der Waals surface area contributed by atoms with Crippen molar-refractivity contribution in [1.29, 1.82) is 0 Å². The molecule has 3 rings (SSSR count). The van der Waals surface area contributed by atoms with Crippen LogP contribution in [0.1, 0.15) is 17.5 Å². The van der Waals surface area contributed by atoms with Gasteiger partial charge in [-0.2, -0.15) is 8.42 Å². The zero-order valence-electron chi connectivity index (χ0n) is 14.2. The van der Waals surface area contributed by atoms with Crippen LogP contribution in [0.3, 0.4) is 0 Å². The van der Waals surface area contributed by atoms with E-state index in [1.165, 1.54) is 12.1 Å². The lowest BCUT2D eigenvalue weighted by atomic mass is 10.1. The van der Waals surface area contributed by atoms with Crippen molar-refractivity contribution in [2.75, 3.05) is 18.0 Å². The molecule has 7 heteroatoms. The second-order valence-corrected chi connectivity index (χ2v) is 7.58. The molecule has 1 heterocycles. The summed E-state index contributed by atoms with van der Waals surface area (Å²) in [7, 11) is -3.93. The highest BCUT2D eigenvalue weighted by Crippen LogP contribution is 2.25. The average Bonchev–Trinajstić information content (AvgIpc) is 2.58. The molecule has 0 aliphatic carbocycles. The first-order valence-electron chi connectivity index (χ1n) is 8.04. The summed E-state index contributed by atoms with van der Waals surface area (Å²) < 4.78 is 30.2. The number of hydrogen-bond donors (Lipinski definition) is 1. The number of amides is 2. The van der Waals surface area contributed by atoms with Crippen molar-refractivity contribution >= 4 is 21.8 Å². The minimum atomic E-state index is -3.93. The number of nitrogens with zero attached hydrogens (tertiary/aromatic N) is 1. The van der Waals surface area contributed by atoms with Gasteiger partial charge in [0.15, 0.2) is 0 Å². The van der Waals surface area contributed by atoms with Gasteiger partial charge in [0.2, 0.25) is 0 Å². The Morgan fingerprint density at radius 3 is 2.44 bits per heavy atom. The molecule has 0 aromatic heterocycles. The molecule has 0 unspecified atom stereocenters. The summed E-state index contributed by atoms with van der Waals surface area (Å²) in [6, 6.07) is 11.3. The fourth-order valence-corrected chi connectivity index (χ4v) is 3.72. The Morgan fingerprint density at radius 2 is 1.80 bits per heavy atom. The van der Waals surface area contributed by atoms with E-state index in [4.69, 9.17) is 4.18 Å². The molecule has 2 aromatic rings. The molecule has 1 aliphatic rings. The molecular formula is C18H20N2O4S. The van der Waals surface area contributed by atoms with E-state index in [1.54, 1.807) is 36.1 Å². The molecule has 1 saturated heterocycles. The average molecular weight is 360 g/mol. The lowest BCUT2D eigenvalue weighted by Crippen LogP contribution is -2.46. The van der Waals surface area contributed by atoms with E-state index in [2.05, 4.69) is 5.32 Å². The quantitative estimate of drug-likeness (QED) is 0.851. The standard InChI is InChI=1S/C18H20N2O4S/c1-13-4-9-17(14(2)12-13)24-25(22,23)16-7-5-15(6-8-16)20-11-3-10-19-18(20)21/h4-9,12H,3,10-11H2,1-2H3,(H,19,21). The zero-order chi connectivity index (χ0) is 18.0. The van der Waals surface area contributed by atoms with Crippen molar-refractivity contribution in [3.8, 4) is 5.75 Å². The number of aryl methyl sites for hydroxylation is 2. The fourth-order valence-electron chi connectivity index (χ4n) is 2.73. The summed E-state index contributed by atoms with van der Waals surface area (Å²) in [5.74, 6) is 0.310. The third kappa shape index (κ3) is 3.76. The molecule has 25 heavy (non-hydrogen) atoms. The van der Waals surface area contributed by atoms with Crippen LogP contribution in [0.2, 0.25) is 0 Å². The van der Waals surface area contributed by atoms with Crippen molar-refractivity contribution in [2.24, 2.45) is 0 Å². The van der Waals surface area contributed by atoms with Gasteiger partial charge in [0.25, 0.3) is 0 Å². The first-order valence-corrected chi connectivity index (χ1v) is 9.45. The Labute approximate surface area is 147 Å². The minimum Gasteiger partial charge on any atom is -0.379 e. The monoisotopic (exact) mass is 360 g/mol. The molecule has 0 spiro atoms. The number of rotatable bonds is 4. The van der Waals surface area contributed by atoms with E-state index in [9.17, 15) is 13.2 Å². The molecule has 2 amide bonds. The van der Waals surface area contributed by atoms with Gasteiger partial charge in [0.05, 0.1) is 0 Å². The van der Waals surface area contributed by atoms with E-state index in [0.29, 0.717) is 24.5 Å². The molecule has 6 nitrogen and oxygen atoms in total. The summed E-state index contributed by atoms with van der Waals surface area (Å²) >= 11 is 0. The van der Waals surface area contributed by atoms with Crippen molar-refractivity contribution in [1.82, 2.24) is 5.32 Å². The lowest BCUT2D eigenvalue weighted by molar-refractivity contribution is 0.243. The Hall–Kier alpha value is -2.54. The summed E-state index contributed by atoms with van der Waals surface area (Å²) in [5, 5.41) is 2.76. The molecule has 0 atom stereocenters. The first kappa shape index (κ1) is 17.3. The van der Waals surface area contributed by atoms with Crippen LogP contribution in [0.4, 0.5) is 10.5 Å². The van der Waals surface area contributed by atoms with Gasteiger partial charge in [-0.05, 0) is 56.2 Å². The SMILES string of the molecule is Cc1ccc(OS(=O)(=O)c2ccc(N3CCCNC3=O)cc2)c(C)c1. The Kier molecular flexibility index (Phi) is 4.67. The first-order chi connectivity index (χ1) is 11.9. The van der Waals surface area contributed by atoms with Crippen LogP contribution in [-0.2, 0) is 10.1 Å². The number of benzene rings is 2. The molecule has 1 aliphatic heterocycles. The maximum atomic E-state index is 12.5. The van der Waals surface area contributed by atoms with Crippen molar-refractivity contribution < 1.29 is 17.4 Å². The second kappa shape index (κ2) is 6.76. The van der Waals surface area contributed by atoms with Gasteiger partial charge in [0.1, 0.15) is 10.6 Å². The van der Waals surface area contributed by atoms with Crippen molar-refractivity contribution in [3.63, 3.8) is 0 Å². The smallest absolute Gasteiger partial charge is 0.339 e. The van der Waals surface area contributed by atoms with Crippen LogP contribution >= 0.6 is 0 Å². The topological polar surface area (TPSA) is 75.7 Å². The molecule has 2 aromatic carbocycles. The van der Waals surface area contributed by atoms with Gasteiger partial charge in [-0.15, -0.1) is 0 Å². The highest BCUT2D eigenvalue weighted by atomic mass is 32.2. The normalized spacial score (nSPS) is 15.0. The highest BCUT2D eigenvalue weighted by Gasteiger charge is 2.21. The van der Waals surface area contributed by atoms with E-state index in [0.717, 1.165) is 17.5 Å². The molecule has 1 fully saturated rings. The van der Waals surface area contributed by atoms with Crippen LogP contribution in [0.5, 0.6) is 5.75 Å². The number of carbonyl (C=O) groups excluding carboxylic acids is 1. The predicted octanol–water partition coefficient (Wildman–Crippen LogP) is 2.99. The number of carbonyl (C=O) groups is 1. The molecule has 0 bridgehead atoms. The molecular weight excluding hydrogens is 340 g/mol. The number of urea groups is 1. The fraction of sp³-hybridized carbons (Fsp3) is 0.278. The van der Waals surface area contributed by atoms with Crippen LogP contribution in [0.25, 0.3) is 0 Å². The van der Waals surface area contributed by atoms with Gasteiger partial charge < -0.3 is 9.50 Å². The largest absolute Gasteiger partial charge is 0.379 e. The summed E-state index contributed by atoms with van der Waals surface area (Å²) in [4.78, 5) is 13.5. The summed E-state index contributed by atoms with van der Waals surface area (Å²) in [6.07, 6.45) is 0.849. The summed E-state index contributed by atoms with van der Waals surface area (Å²) in [6.45, 7) is 5.00. The van der Waals surface area contributed by atoms with Gasteiger partial charge >= 0.3 is 16.1 Å². The maximum Gasteiger partial charge on any atom is 0.339 e. The lowest BCUT2D eigenvalue weighted by Gasteiger charge is -2.27. The maximum absolute atomic E-state index is 12.5. The number of anilines is 1. The minimum absolute atomic E-state index is 0.0497. The third-order valence-electron chi connectivity index (χ3n) is 4.05. The van der Waals surface area contributed by atoms with Crippen LogP contribution < -0.4 is 14.4 Å². The number of nitrogens with one attached hydrogen (secondary N) is 1. The van der Waals surface area contributed by atoms with Gasteiger partial charge in [-0.25, -0.2) is 4.79 Å². The Morgan fingerprint density at radius 1 is 1.08 bits per heavy atom. The van der Waals surface area contributed by atoms with E-state index >= 15 is 0 Å². The highest BCUT2D eigenvalue weighted by molar-refractivity contribution is 7.87. The van der Waals surface area contributed by atoms with E-state index in [1.807, 2.05) is 13.0 Å². The van der Waals surface area contributed by atoms with E-state index < -0.39 is 10.1 Å². The zero-order valence-corrected chi connectivity index (χ0v) is 15.0. The van der Waals surface area contributed by atoms with Crippen LogP contribution in [0.15, 0.2) is 47.4 Å². The second-order valence-electron chi connectivity index (χ2n) is 6.04. The predicted molar refractivity (Wildman–Crippen MR) is 95.5 cm³/mol. The molecule has 1 N–H and O–H groups in total. The molecule has 132 valence electrons.